The van der Waals surface area contributed by atoms with Crippen molar-refractivity contribution in [2.75, 3.05) is 13.2 Å². The first-order valence-electron chi connectivity index (χ1n) is 15.1. The Morgan fingerprint density at radius 2 is 1.92 bits per heavy atom. The van der Waals surface area contributed by atoms with Crippen molar-refractivity contribution in [3.8, 4) is 23.0 Å². The Morgan fingerprint density at radius 1 is 1.08 bits per heavy atom. The van der Waals surface area contributed by atoms with Gasteiger partial charge in [-0.2, -0.15) is 0 Å². The van der Waals surface area contributed by atoms with Crippen molar-refractivity contribution in [3.63, 3.8) is 0 Å². The van der Waals surface area contributed by atoms with Crippen molar-refractivity contribution in [2.24, 2.45) is 5.41 Å². The molecule has 0 unspecified atom stereocenters. The smallest absolute Gasteiger partial charge is 0.335 e. The van der Waals surface area contributed by atoms with Crippen LogP contribution in [0, 0.1) is 17.0 Å². The molecule has 0 saturated carbocycles. The van der Waals surface area contributed by atoms with Crippen LogP contribution in [0.2, 0.25) is 10.0 Å². The Bertz CT molecular complexity index is 2230. The number of carboxylic acids is 1. The third-order valence-corrected chi connectivity index (χ3v) is 9.10. The topological polar surface area (TPSA) is 130 Å². The highest BCUT2D eigenvalue weighted by Gasteiger charge is 2.39. The van der Waals surface area contributed by atoms with Crippen molar-refractivity contribution >= 4 is 40.2 Å². The number of nitrogens with zero attached hydrogens (tertiary/aromatic N) is 7. The minimum atomic E-state index is -1.15. The SMILES string of the molecule is CC1(C)COC[C@H]1n1c(Cc2cc(F)c(-c3cccc(OCc4cnc(-n5ccnn5)cc4Cl)n3)cc2F)nc2c(Cl)cc(C(=O)O)cc21. The molecule has 250 valence electrons. The quantitative estimate of drug-likeness (QED) is 0.167. The Balaban J connectivity index is 1.16. The zero-order chi connectivity index (χ0) is 34.4. The molecule has 1 saturated heterocycles. The molecule has 5 heterocycles. The van der Waals surface area contributed by atoms with E-state index in [0.717, 1.165) is 12.1 Å². The van der Waals surface area contributed by atoms with Crippen molar-refractivity contribution in [1.29, 1.82) is 0 Å². The van der Waals surface area contributed by atoms with Crippen molar-refractivity contribution in [1.82, 2.24) is 34.5 Å². The molecule has 11 nitrogen and oxygen atoms in total. The number of halogens is 4. The summed E-state index contributed by atoms with van der Waals surface area (Å²) >= 11 is 12.9. The molecule has 0 aliphatic carbocycles. The second-order valence-electron chi connectivity index (χ2n) is 12.3. The fourth-order valence-electron chi connectivity index (χ4n) is 5.87. The van der Waals surface area contributed by atoms with E-state index in [0.29, 0.717) is 46.5 Å². The van der Waals surface area contributed by atoms with Crippen LogP contribution in [0.1, 0.15) is 47.2 Å². The number of fused-ring (bicyclic) bond motifs is 1. The number of aromatic carboxylic acids is 1. The molecule has 15 heteroatoms. The number of pyridine rings is 2. The number of hydrogen-bond acceptors (Lipinski definition) is 8. The van der Waals surface area contributed by atoms with E-state index in [1.54, 1.807) is 36.7 Å². The van der Waals surface area contributed by atoms with Gasteiger partial charge in [0.05, 0.1) is 58.5 Å². The van der Waals surface area contributed by atoms with Crippen molar-refractivity contribution in [3.05, 3.63) is 111 Å². The summed E-state index contributed by atoms with van der Waals surface area (Å²) in [6.07, 6.45) is 4.61. The summed E-state index contributed by atoms with van der Waals surface area (Å²) in [6.45, 7) is 4.85. The highest BCUT2D eigenvalue weighted by molar-refractivity contribution is 6.35. The van der Waals surface area contributed by atoms with Gasteiger partial charge in [0.1, 0.15) is 29.6 Å². The molecule has 7 rings (SSSR count). The van der Waals surface area contributed by atoms with Gasteiger partial charge in [0.25, 0.3) is 0 Å². The van der Waals surface area contributed by atoms with Gasteiger partial charge in [-0.1, -0.05) is 48.3 Å². The molecule has 0 amide bonds. The van der Waals surface area contributed by atoms with Crippen LogP contribution in [-0.2, 0) is 17.8 Å². The number of hydrogen-bond donors (Lipinski definition) is 1. The molecule has 1 fully saturated rings. The number of aromatic nitrogens is 7. The van der Waals surface area contributed by atoms with Crippen LogP contribution in [0.5, 0.6) is 5.88 Å². The second-order valence-corrected chi connectivity index (χ2v) is 13.1. The first-order valence-corrected chi connectivity index (χ1v) is 15.8. The number of benzene rings is 2. The van der Waals surface area contributed by atoms with E-state index in [-0.39, 0.29) is 57.8 Å². The second kappa shape index (κ2) is 12.8. The maximum absolute atomic E-state index is 15.8. The average molecular weight is 707 g/mol. The summed E-state index contributed by atoms with van der Waals surface area (Å²) in [7, 11) is 0. The zero-order valence-corrected chi connectivity index (χ0v) is 27.6. The minimum absolute atomic E-state index is 0.0111. The highest BCUT2D eigenvalue weighted by atomic mass is 35.5. The van der Waals surface area contributed by atoms with E-state index >= 15 is 8.78 Å². The van der Waals surface area contributed by atoms with Crippen molar-refractivity contribution < 1.29 is 28.2 Å². The minimum Gasteiger partial charge on any atom is -0.478 e. The lowest BCUT2D eigenvalue weighted by atomic mass is 9.87. The van der Waals surface area contributed by atoms with Gasteiger partial charge in [0.2, 0.25) is 5.88 Å². The van der Waals surface area contributed by atoms with Gasteiger partial charge in [-0.15, -0.1) is 5.10 Å². The van der Waals surface area contributed by atoms with Gasteiger partial charge in [0, 0.05) is 41.3 Å². The highest BCUT2D eigenvalue weighted by Crippen LogP contribution is 2.41. The van der Waals surface area contributed by atoms with E-state index in [9.17, 15) is 9.90 Å². The summed E-state index contributed by atoms with van der Waals surface area (Å²) in [5.74, 6) is -1.47. The molecule has 1 aliphatic heterocycles. The van der Waals surface area contributed by atoms with Gasteiger partial charge in [-0.3, -0.25) is 0 Å². The molecule has 2 aromatic carbocycles. The maximum Gasteiger partial charge on any atom is 0.335 e. The van der Waals surface area contributed by atoms with Crippen LogP contribution in [-0.4, -0.2) is 58.8 Å². The van der Waals surface area contributed by atoms with E-state index < -0.39 is 17.6 Å². The largest absolute Gasteiger partial charge is 0.478 e. The first kappa shape index (κ1) is 32.6. The molecule has 1 atom stereocenters. The van der Waals surface area contributed by atoms with E-state index in [2.05, 4.69) is 20.3 Å². The molecule has 6 aromatic rings. The van der Waals surface area contributed by atoms with Gasteiger partial charge in [-0.25, -0.2) is 33.2 Å². The lowest BCUT2D eigenvalue weighted by Crippen LogP contribution is -2.27. The van der Waals surface area contributed by atoms with Crippen LogP contribution in [0.4, 0.5) is 8.78 Å². The Kier molecular flexibility index (Phi) is 8.51. The number of rotatable bonds is 9. The standard InChI is InChI=1S/C34H27Cl2F2N7O4/c1-34(2)17-48-16-28(34)45-27-10-19(33(46)47)8-23(36)32(27)42-30(45)11-18-9-25(38)21(12-24(18)37)26-4-3-5-31(41-26)49-15-20-14-39-29(13-22(20)35)44-7-6-40-43-44/h3-10,12-14,28H,11,15-17H2,1-2H3,(H,46,47)/t28-/m1/s1. The normalized spacial score (nSPS) is 15.6. The maximum atomic E-state index is 15.8. The lowest BCUT2D eigenvalue weighted by molar-refractivity contribution is 0.0697. The summed E-state index contributed by atoms with van der Waals surface area (Å²) in [6, 6.07) is 11.2. The number of ether oxygens (including phenoxy) is 2. The molecule has 0 bridgehead atoms. The summed E-state index contributed by atoms with van der Waals surface area (Å²) in [5, 5.41) is 17.9. The van der Waals surface area contributed by atoms with E-state index in [4.69, 9.17) is 37.7 Å². The van der Waals surface area contributed by atoms with Crippen molar-refractivity contribution in [2.45, 2.75) is 32.9 Å². The predicted molar refractivity (Wildman–Crippen MR) is 176 cm³/mol. The molecule has 0 radical (unpaired) electrons. The number of carboxylic acid groups (broad SMARTS) is 1. The lowest BCUT2D eigenvalue weighted by Gasteiger charge is -2.28. The fourth-order valence-corrected chi connectivity index (χ4v) is 6.33. The molecule has 1 N–H and O–H groups in total. The van der Waals surface area contributed by atoms with Crippen LogP contribution < -0.4 is 4.74 Å². The molecule has 1 aliphatic rings. The summed E-state index contributed by atoms with van der Waals surface area (Å²) in [5.41, 5.74) is 1.21. The molecular formula is C34H27Cl2F2N7O4. The van der Waals surface area contributed by atoms with E-state index in [1.807, 2.05) is 18.4 Å². The molecule has 4 aromatic heterocycles. The number of carbonyl (C=O) groups is 1. The van der Waals surface area contributed by atoms with Gasteiger partial charge in [-0.05, 0) is 35.9 Å². The summed E-state index contributed by atoms with van der Waals surface area (Å²) in [4.78, 5) is 25.3. The molecule has 49 heavy (non-hydrogen) atoms. The predicted octanol–water partition coefficient (Wildman–Crippen LogP) is 7.12. The van der Waals surface area contributed by atoms with Crippen LogP contribution >= 0.6 is 23.2 Å². The van der Waals surface area contributed by atoms with Crippen LogP contribution in [0.3, 0.4) is 0 Å². The Hall–Kier alpha value is -4.98. The van der Waals surface area contributed by atoms with Gasteiger partial charge in [0.15, 0.2) is 5.82 Å². The number of imidazole rings is 1. The average Bonchev–Trinajstić information content (AvgIpc) is 3.81. The van der Waals surface area contributed by atoms with Gasteiger partial charge < -0.3 is 19.1 Å². The van der Waals surface area contributed by atoms with E-state index in [1.165, 1.54) is 23.0 Å². The zero-order valence-electron chi connectivity index (χ0n) is 26.1. The molecule has 0 spiro atoms. The molecular weight excluding hydrogens is 679 g/mol. The van der Waals surface area contributed by atoms with Crippen LogP contribution in [0.15, 0.2) is 67.1 Å². The Morgan fingerprint density at radius 3 is 2.63 bits per heavy atom. The Labute approximate surface area is 288 Å². The first-order chi connectivity index (χ1) is 23.5. The monoisotopic (exact) mass is 705 g/mol. The fraction of sp³-hybridized carbons (Fsp3) is 0.235. The third-order valence-electron chi connectivity index (χ3n) is 8.46. The van der Waals surface area contributed by atoms with Crippen LogP contribution in [0.25, 0.3) is 28.1 Å². The third kappa shape index (κ3) is 6.32. The summed E-state index contributed by atoms with van der Waals surface area (Å²) < 4.78 is 46.4. The van der Waals surface area contributed by atoms with Gasteiger partial charge >= 0.3 is 5.97 Å².